The Morgan fingerprint density at radius 2 is 1.72 bits per heavy atom. The summed E-state index contributed by atoms with van der Waals surface area (Å²) in [5.41, 5.74) is 4.12. The largest absolute Gasteiger partial charge is 0.414 e. The zero-order valence-electron chi connectivity index (χ0n) is 26.8. The van der Waals surface area contributed by atoms with Gasteiger partial charge >= 0.3 is 0 Å². The molecule has 0 saturated heterocycles. The molecule has 4 aliphatic rings. The summed E-state index contributed by atoms with van der Waals surface area (Å²) >= 11 is 0. The lowest BCUT2D eigenvalue weighted by molar-refractivity contribution is 0.111. The quantitative estimate of drug-likeness (QED) is 0.225. The highest BCUT2D eigenvalue weighted by Crippen LogP contribution is 2.60. The third-order valence-electron chi connectivity index (χ3n) is 11.9. The Bertz CT molecular complexity index is 1110. The van der Waals surface area contributed by atoms with Crippen LogP contribution < -0.4 is 0 Å². The summed E-state index contributed by atoms with van der Waals surface area (Å²) in [6, 6.07) is 0. The molecule has 0 spiro atoms. The van der Waals surface area contributed by atoms with Crippen LogP contribution in [0.25, 0.3) is 0 Å². The smallest absolute Gasteiger partial charge is 0.192 e. The highest BCUT2D eigenvalue weighted by molar-refractivity contribution is 7.92. The fraction of sp³-hybridized carbons (Fsp3) is 0.824. The van der Waals surface area contributed by atoms with Crippen LogP contribution in [-0.4, -0.2) is 33.8 Å². The lowest BCUT2D eigenvalue weighted by atomic mass is 9.61. The first kappa shape index (κ1) is 31.3. The van der Waals surface area contributed by atoms with E-state index < -0.39 is 23.4 Å². The van der Waals surface area contributed by atoms with Crippen molar-refractivity contribution in [2.75, 3.05) is 5.75 Å². The van der Waals surface area contributed by atoms with Gasteiger partial charge in [0.2, 0.25) is 0 Å². The van der Waals surface area contributed by atoms with Gasteiger partial charge in [0.15, 0.2) is 18.2 Å². The maximum atomic E-state index is 13.6. The van der Waals surface area contributed by atoms with Crippen molar-refractivity contribution in [1.29, 1.82) is 0 Å². The van der Waals surface area contributed by atoms with Crippen LogP contribution >= 0.6 is 0 Å². The minimum Gasteiger partial charge on any atom is -0.414 e. The molecule has 0 aromatic carbocycles. The Labute approximate surface area is 242 Å². The molecule has 0 aromatic heterocycles. The molecule has 0 bridgehead atoms. The highest BCUT2D eigenvalue weighted by Gasteiger charge is 2.51. The maximum Gasteiger partial charge on any atom is 0.192 e. The van der Waals surface area contributed by atoms with Crippen molar-refractivity contribution in [1.82, 2.24) is 0 Å². The third-order valence-corrected chi connectivity index (χ3v) is 18.3. The van der Waals surface area contributed by atoms with Crippen LogP contribution in [0.15, 0.2) is 34.9 Å². The van der Waals surface area contributed by atoms with E-state index in [-0.39, 0.29) is 22.3 Å². The first-order chi connectivity index (χ1) is 18.0. The Balaban J connectivity index is 1.56. The van der Waals surface area contributed by atoms with Gasteiger partial charge in [-0.15, -0.1) is 0 Å². The van der Waals surface area contributed by atoms with Gasteiger partial charge in [-0.05, 0) is 110 Å². The van der Waals surface area contributed by atoms with Crippen molar-refractivity contribution in [3.8, 4) is 0 Å². The van der Waals surface area contributed by atoms with Crippen LogP contribution in [0.2, 0.25) is 18.1 Å². The summed E-state index contributed by atoms with van der Waals surface area (Å²) < 4.78 is 34.0. The van der Waals surface area contributed by atoms with E-state index in [1.807, 2.05) is 0 Å². The van der Waals surface area contributed by atoms with Gasteiger partial charge < -0.3 is 4.43 Å². The number of rotatable bonds is 7. The van der Waals surface area contributed by atoms with E-state index >= 15 is 0 Å². The van der Waals surface area contributed by atoms with Crippen molar-refractivity contribution < 1.29 is 12.8 Å². The number of allylic oxidation sites excluding steroid dienone is 3. The molecule has 2 saturated carbocycles. The van der Waals surface area contributed by atoms with Crippen LogP contribution in [0.5, 0.6) is 0 Å². The van der Waals surface area contributed by atoms with Gasteiger partial charge in [0.25, 0.3) is 0 Å². The van der Waals surface area contributed by atoms with E-state index in [1.165, 1.54) is 42.4 Å². The molecule has 0 amide bonds. The molecule has 0 N–H and O–H groups in total. The number of fused-ring (bicyclic) bond motifs is 1. The van der Waals surface area contributed by atoms with Crippen LogP contribution in [0.3, 0.4) is 0 Å². The monoisotopic (exact) mass is 574 g/mol. The second kappa shape index (κ2) is 11.2. The lowest BCUT2D eigenvalue weighted by Gasteiger charge is -2.44. The van der Waals surface area contributed by atoms with Crippen molar-refractivity contribution in [2.24, 2.45) is 35.0 Å². The van der Waals surface area contributed by atoms with Crippen molar-refractivity contribution in [2.45, 2.75) is 136 Å². The number of hydrogen-bond acceptors (Lipinski definition) is 3. The molecule has 1 heterocycles. The van der Waals surface area contributed by atoms with E-state index in [0.29, 0.717) is 29.6 Å². The highest BCUT2D eigenvalue weighted by atomic mass is 32.2. The predicted octanol–water partition coefficient (Wildman–Crippen LogP) is 9.28. The maximum absolute atomic E-state index is 13.6. The minimum atomic E-state index is -3.18. The van der Waals surface area contributed by atoms with E-state index in [9.17, 15) is 8.42 Å². The van der Waals surface area contributed by atoms with Crippen LogP contribution in [0, 0.1) is 35.0 Å². The van der Waals surface area contributed by atoms with Crippen LogP contribution in [0.1, 0.15) is 107 Å². The Morgan fingerprint density at radius 1 is 1.03 bits per heavy atom. The fourth-order valence-corrected chi connectivity index (χ4v) is 11.4. The number of sulfone groups is 1. The van der Waals surface area contributed by atoms with Crippen molar-refractivity contribution in [3.05, 3.63) is 34.9 Å². The SMILES string of the molecule is CC(C)[C@@H](C)/C=C/[C@@H](C)[C@H]1CC[C@@H]2/C(=C/[C@H]3C4=C(CC[C@H](O[Si](C)(C)C(C)(C)C)C4)CS3(=O)=O)CCC[C@@]21C. The third kappa shape index (κ3) is 6.26. The lowest BCUT2D eigenvalue weighted by Crippen LogP contribution is -2.44. The van der Waals surface area contributed by atoms with Crippen LogP contribution in [0.4, 0.5) is 0 Å². The summed E-state index contributed by atoms with van der Waals surface area (Å²) in [5.74, 6) is 3.31. The minimum absolute atomic E-state index is 0.159. The normalized spacial score (nSPS) is 36.0. The first-order valence-corrected chi connectivity index (χ1v) is 20.6. The van der Waals surface area contributed by atoms with Gasteiger partial charge in [-0.1, -0.05) is 84.8 Å². The molecule has 3 nitrogen and oxygen atoms in total. The summed E-state index contributed by atoms with van der Waals surface area (Å²) in [7, 11) is -5.07. The summed E-state index contributed by atoms with van der Waals surface area (Å²) in [6.07, 6.45) is 16.0. The molecule has 222 valence electrons. The average molecular weight is 575 g/mol. The van der Waals surface area contributed by atoms with Gasteiger partial charge in [0.05, 0.1) is 5.75 Å². The van der Waals surface area contributed by atoms with E-state index in [2.05, 4.69) is 86.7 Å². The standard InChI is InChI=1S/C34H58O3SSi/c1-23(2)24(3)13-14-25(4)30-17-18-31-26(12-11-19-34(30,31)8)20-32-29-21-28(37-39(9,10)33(5,6)7)16-15-27(29)22-38(32,35)36/h13-14,20,23-25,28,30-32H,11-12,15-19,21-22H2,1-10H3/b14-13+,26-20+/t24-,25+,28-,30+,31+,32-,34+/m0/s1. The van der Waals surface area contributed by atoms with E-state index in [0.717, 1.165) is 25.7 Å². The second-order valence-electron chi connectivity index (χ2n) is 15.8. The Hall–Kier alpha value is -0.653. The second-order valence-corrected chi connectivity index (χ2v) is 22.7. The zero-order valence-corrected chi connectivity index (χ0v) is 28.6. The van der Waals surface area contributed by atoms with Gasteiger partial charge in [-0.3, -0.25) is 0 Å². The molecule has 2 fully saturated rings. The average Bonchev–Trinajstić information content (AvgIpc) is 3.29. The molecule has 39 heavy (non-hydrogen) atoms. The van der Waals surface area contributed by atoms with E-state index in [4.69, 9.17) is 4.43 Å². The van der Waals surface area contributed by atoms with Gasteiger partial charge in [-0.25, -0.2) is 8.42 Å². The summed E-state index contributed by atoms with van der Waals surface area (Å²) in [6.45, 7) is 23.4. The zero-order chi connectivity index (χ0) is 29.0. The topological polar surface area (TPSA) is 43.4 Å². The van der Waals surface area contributed by atoms with Crippen molar-refractivity contribution >= 4 is 18.2 Å². The fourth-order valence-electron chi connectivity index (χ4n) is 7.96. The molecule has 7 atom stereocenters. The first-order valence-electron chi connectivity index (χ1n) is 16.0. The molecule has 4 rings (SSSR count). The van der Waals surface area contributed by atoms with E-state index in [1.54, 1.807) is 0 Å². The summed E-state index contributed by atoms with van der Waals surface area (Å²) in [5, 5.41) is -0.255. The van der Waals surface area contributed by atoms with Gasteiger partial charge in [-0.2, -0.15) is 0 Å². The molecular formula is C34H58O3SSi. The van der Waals surface area contributed by atoms with Gasteiger partial charge in [0.1, 0.15) is 5.25 Å². The molecular weight excluding hydrogens is 517 g/mol. The molecule has 0 radical (unpaired) electrons. The molecule has 5 heteroatoms. The molecule has 0 unspecified atom stereocenters. The Morgan fingerprint density at radius 3 is 2.36 bits per heavy atom. The predicted molar refractivity (Wildman–Crippen MR) is 169 cm³/mol. The van der Waals surface area contributed by atoms with Crippen LogP contribution in [-0.2, 0) is 14.3 Å². The van der Waals surface area contributed by atoms with Crippen molar-refractivity contribution in [3.63, 3.8) is 0 Å². The summed E-state index contributed by atoms with van der Waals surface area (Å²) in [4.78, 5) is 0. The Kier molecular flexibility index (Phi) is 8.99. The molecule has 0 aromatic rings. The van der Waals surface area contributed by atoms with Gasteiger partial charge in [0, 0.05) is 6.10 Å². The molecule has 3 aliphatic carbocycles. The molecule has 1 aliphatic heterocycles. The number of hydrogen-bond donors (Lipinski definition) is 0.